The van der Waals surface area contributed by atoms with Gasteiger partial charge in [-0.3, -0.25) is 4.79 Å². The SMILES string of the molecule is Cc1cc(C(=O)Nc2cc(-c3cc(CNC4CCCCC4)ccc3F)ccc2N2CCN(C)CC2)cc(C)c1C. The molecule has 1 heterocycles. The molecule has 3 aromatic rings. The van der Waals surface area contributed by atoms with Crippen molar-refractivity contribution < 1.29 is 9.18 Å². The Hall–Kier alpha value is -3.22. The number of rotatable bonds is 7. The van der Waals surface area contributed by atoms with Crippen molar-refractivity contribution in [1.29, 1.82) is 0 Å². The highest BCUT2D eigenvalue weighted by molar-refractivity contribution is 6.06. The zero-order valence-electron chi connectivity index (χ0n) is 24.4. The number of piperazine rings is 1. The summed E-state index contributed by atoms with van der Waals surface area (Å²) < 4.78 is 15.2. The van der Waals surface area contributed by atoms with Gasteiger partial charge in [-0.15, -0.1) is 0 Å². The Morgan fingerprint density at radius 1 is 0.900 bits per heavy atom. The van der Waals surface area contributed by atoms with Gasteiger partial charge >= 0.3 is 0 Å². The number of carbonyl (C=O) groups excluding carboxylic acids is 1. The summed E-state index contributed by atoms with van der Waals surface area (Å²) in [6, 6.07) is 15.8. The molecule has 5 rings (SSSR count). The summed E-state index contributed by atoms with van der Waals surface area (Å²) in [5, 5.41) is 6.86. The molecule has 5 nitrogen and oxygen atoms in total. The molecule has 1 saturated carbocycles. The molecular formula is C34H43FN4O. The largest absolute Gasteiger partial charge is 0.367 e. The van der Waals surface area contributed by atoms with E-state index in [1.165, 1.54) is 37.7 Å². The fourth-order valence-electron chi connectivity index (χ4n) is 5.96. The Labute approximate surface area is 238 Å². The van der Waals surface area contributed by atoms with E-state index in [0.717, 1.165) is 60.7 Å². The number of amides is 1. The van der Waals surface area contributed by atoms with E-state index in [0.29, 0.717) is 22.9 Å². The highest BCUT2D eigenvalue weighted by Gasteiger charge is 2.21. The third kappa shape index (κ3) is 6.56. The Balaban J connectivity index is 1.45. The molecule has 2 aliphatic rings. The molecule has 1 aliphatic carbocycles. The van der Waals surface area contributed by atoms with Gasteiger partial charge in [-0.25, -0.2) is 4.39 Å². The first-order chi connectivity index (χ1) is 19.3. The number of nitrogens with zero attached hydrogens (tertiary/aromatic N) is 2. The van der Waals surface area contributed by atoms with Crippen LogP contribution < -0.4 is 15.5 Å². The van der Waals surface area contributed by atoms with Gasteiger partial charge in [0.15, 0.2) is 0 Å². The third-order valence-corrected chi connectivity index (χ3v) is 8.82. The van der Waals surface area contributed by atoms with Crippen LogP contribution in [-0.4, -0.2) is 50.1 Å². The number of likely N-dealkylation sites (N-methyl/N-ethyl adjacent to an activating group) is 1. The molecule has 40 heavy (non-hydrogen) atoms. The maximum atomic E-state index is 15.2. The molecular weight excluding hydrogens is 499 g/mol. The van der Waals surface area contributed by atoms with Crippen molar-refractivity contribution in [3.63, 3.8) is 0 Å². The second-order valence-corrected chi connectivity index (χ2v) is 11.7. The van der Waals surface area contributed by atoms with E-state index in [-0.39, 0.29) is 11.7 Å². The first kappa shape index (κ1) is 28.3. The van der Waals surface area contributed by atoms with Crippen LogP contribution in [0.3, 0.4) is 0 Å². The molecule has 3 aromatic carbocycles. The van der Waals surface area contributed by atoms with Gasteiger partial charge in [-0.05, 0) is 105 Å². The maximum absolute atomic E-state index is 15.2. The number of benzene rings is 3. The van der Waals surface area contributed by atoms with Crippen molar-refractivity contribution in [3.05, 3.63) is 82.2 Å². The number of aryl methyl sites for hydroxylation is 2. The summed E-state index contributed by atoms with van der Waals surface area (Å²) >= 11 is 0. The van der Waals surface area contributed by atoms with Gasteiger partial charge in [0, 0.05) is 49.9 Å². The van der Waals surface area contributed by atoms with Gasteiger partial charge in [0.2, 0.25) is 0 Å². The lowest BCUT2D eigenvalue weighted by Crippen LogP contribution is -2.44. The predicted molar refractivity (Wildman–Crippen MR) is 164 cm³/mol. The van der Waals surface area contributed by atoms with Crippen molar-refractivity contribution in [2.24, 2.45) is 0 Å². The Morgan fingerprint density at radius 2 is 1.60 bits per heavy atom. The van der Waals surface area contributed by atoms with E-state index in [1.807, 2.05) is 56.3 Å². The van der Waals surface area contributed by atoms with Gasteiger partial charge in [0.1, 0.15) is 5.82 Å². The van der Waals surface area contributed by atoms with Gasteiger partial charge in [0.05, 0.1) is 11.4 Å². The maximum Gasteiger partial charge on any atom is 0.255 e. The van der Waals surface area contributed by atoms with Crippen LogP contribution in [-0.2, 0) is 6.54 Å². The normalized spacial score (nSPS) is 16.8. The Bertz CT molecular complexity index is 1330. The van der Waals surface area contributed by atoms with Crippen LogP contribution in [0.5, 0.6) is 0 Å². The highest BCUT2D eigenvalue weighted by atomic mass is 19.1. The molecule has 1 amide bonds. The zero-order chi connectivity index (χ0) is 28.2. The minimum atomic E-state index is -0.254. The van der Waals surface area contributed by atoms with Gasteiger partial charge in [0.25, 0.3) is 5.91 Å². The summed E-state index contributed by atoms with van der Waals surface area (Å²) in [4.78, 5) is 18.1. The minimum absolute atomic E-state index is 0.148. The van der Waals surface area contributed by atoms with E-state index >= 15 is 4.39 Å². The van der Waals surface area contributed by atoms with E-state index in [9.17, 15) is 4.79 Å². The standard InChI is InChI=1S/C34H43FN4O/c1-23-18-28(19-24(2)25(23)3)34(40)37-32-21-27(11-13-33(32)39-16-14-38(4)15-17-39)30-20-26(10-12-31(30)35)22-36-29-8-6-5-7-9-29/h10-13,18-21,29,36H,5-9,14-17,22H2,1-4H3,(H,37,40). The smallest absolute Gasteiger partial charge is 0.255 e. The fraction of sp³-hybridized carbons (Fsp3) is 0.441. The molecule has 1 saturated heterocycles. The highest BCUT2D eigenvalue weighted by Crippen LogP contribution is 2.34. The first-order valence-electron chi connectivity index (χ1n) is 14.8. The van der Waals surface area contributed by atoms with Gasteiger partial charge in [-0.1, -0.05) is 31.4 Å². The van der Waals surface area contributed by atoms with Crippen LogP contribution in [0.2, 0.25) is 0 Å². The fourth-order valence-corrected chi connectivity index (χ4v) is 5.96. The van der Waals surface area contributed by atoms with Crippen molar-refractivity contribution in [3.8, 4) is 11.1 Å². The number of halogens is 1. The first-order valence-corrected chi connectivity index (χ1v) is 14.8. The van der Waals surface area contributed by atoms with E-state index in [4.69, 9.17) is 0 Å². The number of hydrogen-bond donors (Lipinski definition) is 2. The quantitative estimate of drug-likeness (QED) is 0.343. The second-order valence-electron chi connectivity index (χ2n) is 11.7. The molecule has 0 radical (unpaired) electrons. The molecule has 0 bridgehead atoms. The topological polar surface area (TPSA) is 47.6 Å². The lowest BCUT2D eigenvalue weighted by Gasteiger charge is -2.35. The lowest BCUT2D eigenvalue weighted by atomic mass is 9.95. The summed E-state index contributed by atoms with van der Waals surface area (Å²) in [5.74, 6) is -0.402. The molecule has 2 N–H and O–H groups in total. The molecule has 0 aromatic heterocycles. The zero-order valence-corrected chi connectivity index (χ0v) is 24.4. The Kier molecular flexibility index (Phi) is 8.87. The minimum Gasteiger partial charge on any atom is -0.367 e. The average Bonchev–Trinajstić information content (AvgIpc) is 2.96. The lowest BCUT2D eigenvalue weighted by molar-refractivity contribution is 0.102. The second kappa shape index (κ2) is 12.5. The van der Waals surface area contributed by atoms with Crippen LogP contribution in [0.1, 0.15) is 64.7 Å². The number of anilines is 2. The summed E-state index contributed by atoms with van der Waals surface area (Å²) in [7, 11) is 2.13. The van der Waals surface area contributed by atoms with Crippen molar-refractivity contribution in [2.75, 3.05) is 43.4 Å². The van der Waals surface area contributed by atoms with Crippen molar-refractivity contribution in [1.82, 2.24) is 10.2 Å². The molecule has 1 aliphatic heterocycles. The predicted octanol–water partition coefficient (Wildman–Crippen LogP) is 6.84. The summed E-state index contributed by atoms with van der Waals surface area (Å²) in [6.07, 6.45) is 6.31. The van der Waals surface area contributed by atoms with Gasteiger partial charge < -0.3 is 20.4 Å². The van der Waals surface area contributed by atoms with Crippen LogP contribution >= 0.6 is 0 Å². The van der Waals surface area contributed by atoms with Crippen LogP contribution in [0.25, 0.3) is 11.1 Å². The summed E-state index contributed by atoms with van der Waals surface area (Å²) in [6.45, 7) is 10.5. The van der Waals surface area contributed by atoms with Gasteiger partial charge in [-0.2, -0.15) is 0 Å². The van der Waals surface area contributed by atoms with Crippen molar-refractivity contribution >= 4 is 17.3 Å². The molecule has 6 heteroatoms. The number of carbonyl (C=O) groups is 1. The molecule has 2 fully saturated rings. The Morgan fingerprint density at radius 3 is 2.30 bits per heavy atom. The number of nitrogens with one attached hydrogen (secondary N) is 2. The summed E-state index contributed by atoms with van der Waals surface area (Å²) in [5.41, 5.74) is 8.11. The third-order valence-electron chi connectivity index (χ3n) is 8.82. The van der Waals surface area contributed by atoms with Crippen molar-refractivity contribution in [2.45, 2.75) is 65.5 Å². The van der Waals surface area contributed by atoms with E-state index in [2.05, 4.69) is 34.4 Å². The molecule has 0 spiro atoms. The number of hydrogen-bond acceptors (Lipinski definition) is 4. The molecule has 0 atom stereocenters. The van der Waals surface area contributed by atoms with Crippen LogP contribution in [0, 0.1) is 26.6 Å². The van der Waals surface area contributed by atoms with E-state index in [1.54, 1.807) is 6.07 Å². The average molecular weight is 543 g/mol. The molecule has 0 unspecified atom stereocenters. The molecule has 212 valence electrons. The van der Waals surface area contributed by atoms with E-state index < -0.39 is 0 Å². The van der Waals surface area contributed by atoms with Crippen LogP contribution in [0.15, 0.2) is 48.5 Å². The van der Waals surface area contributed by atoms with Crippen LogP contribution in [0.4, 0.5) is 15.8 Å². The monoisotopic (exact) mass is 542 g/mol.